The number of piperidine rings is 1. The van der Waals surface area contributed by atoms with Crippen molar-refractivity contribution in [3.8, 4) is 0 Å². The molecule has 2 heterocycles. The zero-order chi connectivity index (χ0) is 14.5. The van der Waals surface area contributed by atoms with Crippen molar-refractivity contribution in [3.63, 3.8) is 0 Å². The van der Waals surface area contributed by atoms with Crippen LogP contribution in [0.3, 0.4) is 0 Å². The molecule has 1 saturated heterocycles. The minimum Gasteiger partial charge on any atom is -0.347 e. The van der Waals surface area contributed by atoms with Gasteiger partial charge in [-0.2, -0.15) is 0 Å². The summed E-state index contributed by atoms with van der Waals surface area (Å²) in [4.78, 5) is 15.6. The summed E-state index contributed by atoms with van der Waals surface area (Å²) in [7, 11) is 0. The summed E-state index contributed by atoms with van der Waals surface area (Å²) in [6.45, 7) is 3.49. The van der Waals surface area contributed by atoms with Gasteiger partial charge in [0.15, 0.2) is 0 Å². The minimum absolute atomic E-state index is 0.106. The molecule has 1 aliphatic carbocycles. The van der Waals surface area contributed by atoms with Gasteiger partial charge in [-0.15, -0.1) is 11.3 Å². The lowest BCUT2D eigenvalue weighted by Crippen LogP contribution is -2.48. The van der Waals surface area contributed by atoms with Gasteiger partial charge in [0.05, 0.1) is 4.88 Å². The Morgan fingerprint density at radius 1 is 1.24 bits per heavy atom. The lowest BCUT2D eigenvalue weighted by Gasteiger charge is -2.36. The molecular formula is C17H26N2OS. The molecule has 3 rings (SSSR count). The molecule has 0 bridgehead atoms. The Bertz CT molecular complexity index is 440. The molecule has 1 amide bonds. The van der Waals surface area contributed by atoms with Gasteiger partial charge >= 0.3 is 0 Å². The second-order valence-corrected chi connectivity index (χ2v) is 7.50. The van der Waals surface area contributed by atoms with Crippen molar-refractivity contribution >= 4 is 17.2 Å². The first-order chi connectivity index (χ1) is 10.3. The van der Waals surface area contributed by atoms with E-state index in [2.05, 4.69) is 10.2 Å². The SMILES string of the molecule is O=C(NC1CCCN(CC2CCCCC2)C1)c1cccs1. The summed E-state index contributed by atoms with van der Waals surface area (Å²) in [5.74, 6) is 1.00. The molecule has 1 atom stereocenters. The predicted molar refractivity (Wildman–Crippen MR) is 87.8 cm³/mol. The molecule has 21 heavy (non-hydrogen) atoms. The van der Waals surface area contributed by atoms with E-state index in [-0.39, 0.29) is 5.91 Å². The van der Waals surface area contributed by atoms with Crippen molar-refractivity contribution in [1.29, 1.82) is 0 Å². The molecular weight excluding hydrogens is 280 g/mol. The van der Waals surface area contributed by atoms with E-state index in [0.717, 1.165) is 23.8 Å². The third-order valence-electron chi connectivity index (χ3n) is 4.83. The third-order valence-corrected chi connectivity index (χ3v) is 5.70. The normalized spacial score (nSPS) is 24.9. The lowest BCUT2D eigenvalue weighted by molar-refractivity contribution is 0.0894. The van der Waals surface area contributed by atoms with Gasteiger partial charge in [-0.05, 0) is 49.6 Å². The van der Waals surface area contributed by atoms with E-state index in [0.29, 0.717) is 6.04 Å². The standard InChI is InChI=1S/C17H26N2OS/c20-17(16-9-5-11-21-16)18-15-8-4-10-19(13-15)12-14-6-2-1-3-7-14/h5,9,11,14-15H,1-4,6-8,10,12-13H2,(H,18,20). The van der Waals surface area contributed by atoms with E-state index in [9.17, 15) is 4.79 Å². The van der Waals surface area contributed by atoms with Gasteiger partial charge in [0.2, 0.25) is 0 Å². The van der Waals surface area contributed by atoms with Gasteiger partial charge < -0.3 is 10.2 Å². The van der Waals surface area contributed by atoms with Crippen LogP contribution < -0.4 is 5.32 Å². The predicted octanol–water partition coefficient (Wildman–Crippen LogP) is 3.52. The molecule has 0 radical (unpaired) electrons. The monoisotopic (exact) mass is 306 g/mol. The zero-order valence-corrected chi connectivity index (χ0v) is 13.5. The van der Waals surface area contributed by atoms with Gasteiger partial charge in [-0.3, -0.25) is 4.79 Å². The molecule has 0 aromatic carbocycles. The van der Waals surface area contributed by atoms with Gasteiger partial charge in [0, 0.05) is 19.1 Å². The first kappa shape index (κ1) is 15.0. The summed E-state index contributed by atoms with van der Waals surface area (Å²) in [5, 5.41) is 5.18. The largest absolute Gasteiger partial charge is 0.347 e. The van der Waals surface area contributed by atoms with Crippen LogP contribution in [0.25, 0.3) is 0 Å². The van der Waals surface area contributed by atoms with Crippen molar-refractivity contribution in [3.05, 3.63) is 22.4 Å². The Kier molecular flexibility index (Phi) is 5.31. The maximum Gasteiger partial charge on any atom is 0.261 e. The fourth-order valence-corrected chi connectivity index (χ4v) is 4.37. The van der Waals surface area contributed by atoms with Gasteiger partial charge in [0.25, 0.3) is 5.91 Å². The van der Waals surface area contributed by atoms with Crippen LogP contribution in [0.5, 0.6) is 0 Å². The van der Waals surface area contributed by atoms with Crippen molar-refractivity contribution in [1.82, 2.24) is 10.2 Å². The van der Waals surface area contributed by atoms with Crippen LogP contribution in [-0.4, -0.2) is 36.5 Å². The van der Waals surface area contributed by atoms with Crippen LogP contribution in [0, 0.1) is 5.92 Å². The summed E-state index contributed by atoms with van der Waals surface area (Å²) in [5.41, 5.74) is 0. The topological polar surface area (TPSA) is 32.3 Å². The van der Waals surface area contributed by atoms with E-state index >= 15 is 0 Å². The number of likely N-dealkylation sites (tertiary alicyclic amines) is 1. The molecule has 1 aliphatic heterocycles. The van der Waals surface area contributed by atoms with E-state index in [1.54, 1.807) is 0 Å². The fourth-order valence-electron chi connectivity index (χ4n) is 3.74. The number of rotatable bonds is 4. The van der Waals surface area contributed by atoms with Crippen molar-refractivity contribution < 1.29 is 4.79 Å². The maximum absolute atomic E-state index is 12.2. The molecule has 0 spiro atoms. The van der Waals surface area contributed by atoms with Crippen molar-refractivity contribution in [2.75, 3.05) is 19.6 Å². The smallest absolute Gasteiger partial charge is 0.261 e. The fraction of sp³-hybridized carbons (Fsp3) is 0.706. The number of carbonyl (C=O) groups excluding carboxylic acids is 1. The quantitative estimate of drug-likeness (QED) is 0.923. The Balaban J connectivity index is 1.47. The second-order valence-electron chi connectivity index (χ2n) is 6.55. The first-order valence-corrected chi connectivity index (χ1v) is 9.26. The minimum atomic E-state index is 0.106. The molecule has 1 unspecified atom stereocenters. The van der Waals surface area contributed by atoms with Crippen LogP contribution in [0.1, 0.15) is 54.6 Å². The average molecular weight is 306 g/mol. The Labute approximate surface area is 131 Å². The van der Waals surface area contributed by atoms with Crippen molar-refractivity contribution in [2.45, 2.75) is 51.0 Å². The lowest BCUT2D eigenvalue weighted by atomic mass is 9.88. The summed E-state index contributed by atoms with van der Waals surface area (Å²) in [6.07, 6.45) is 9.40. The molecule has 1 saturated carbocycles. The molecule has 1 aromatic heterocycles. The van der Waals surface area contributed by atoms with Crippen LogP contribution in [0.4, 0.5) is 0 Å². The Morgan fingerprint density at radius 2 is 2.10 bits per heavy atom. The van der Waals surface area contributed by atoms with Crippen LogP contribution in [0.2, 0.25) is 0 Å². The van der Waals surface area contributed by atoms with Gasteiger partial charge in [-0.1, -0.05) is 25.3 Å². The van der Waals surface area contributed by atoms with E-state index < -0.39 is 0 Å². The number of nitrogens with zero attached hydrogens (tertiary/aromatic N) is 1. The number of hydrogen-bond acceptors (Lipinski definition) is 3. The number of nitrogens with one attached hydrogen (secondary N) is 1. The van der Waals surface area contributed by atoms with Gasteiger partial charge in [0.1, 0.15) is 0 Å². The number of amides is 1. The van der Waals surface area contributed by atoms with Crippen LogP contribution in [0.15, 0.2) is 17.5 Å². The second kappa shape index (κ2) is 7.41. The van der Waals surface area contributed by atoms with Gasteiger partial charge in [-0.25, -0.2) is 0 Å². The highest BCUT2D eigenvalue weighted by atomic mass is 32.1. The average Bonchev–Trinajstić information content (AvgIpc) is 3.03. The molecule has 2 fully saturated rings. The summed E-state index contributed by atoms with van der Waals surface area (Å²) >= 11 is 1.52. The Morgan fingerprint density at radius 3 is 2.86 bits per heavy atom. The first-order valence-electron chi connectivity index (χ1n) is 8.38. The number of carbonyl (C=O) groups is 1. The highest BCUT2D eigenvalue weighted by molar-refractivity contribution is 7.12. The Hall–Kier alpha value is -0.870. The molecule has 2 aliphatic rings. The molecule has 116 valence electrons. The summed E-state index contributed by atoms with van der Waals surface area (Å²) in [6, 6.07) is 4.18. The highest BCUT2D eigenvalue weighted by Crippen LogP contribution is 2.25. The zero-order valence-electron chi connectivity index (χ0n) is 12.7. The van der Waals surface area contributed by atoms with E-state index in [1.807, 2.05) is 17.5 Å². The third kappa shape index (κ3) is 4.30. The number of hydrogen-bond donors (Lipinski definition) is 1. The molecule has 1 aromatic rings. The molecule has 3 nitrogen and oxygen atoms in total. The van der Waals surface area contributed by atoms with Crippen LogP contribution in [-0.2, 0) is 0 Å². The number of thiophene rings is 1. The maximum atomic E-state index is 12.2. The van der Waals surface area contributed by atoms with E-state index in [1.165, 1.54) is 63.0 Å². The molecule has 4 heteroatoms. The van der Waals surface area contributed by atoms with E-state index in [4.69, 9.17) is 0 Å². The highest BCUT2D eigenvalue weighted by Gasteiger charge is 2.24. The summed E-state index contributed by atoms with van der Waals surface area (Å²) < 4.78 is 0. The van der Waals surface area contributed by atoms with Crippen LogP contribution >= 0.6 is 11.3 Å². The van der Waals surface area contributed by atoms with Crippen molar-refractivity contribution in [2.24, 2.45) is 5.92 Å². The molecule has 1 N–H and O–H groups in total.